The average Bonchev–Trinajstić information content (AvgIpc) is 2.83. The highest BCUT2D eigenvalue weighted by Crippen LogP contribution is 2.52. The quantitative estimate of drug-likeness (QED) is 0.623. The Kier molecular flexibility index (Phi) is 4.74. The second kappa shape index (κ2) is 6.23. The molecule has 0 spiro atoms. The predicted molar refractivity (Wildman–Crippen MR) is 87.0 cm³/mol. The Morgan fingerprint density at radius 2 is 1.82 bits per heavy atom. The fraction of sp³-hybridized carbons (Fsp3) is 0.579. The Hall–Kier alpha value is -1.64. The summed E-state index contributed by atoms with van der Waals surface area (Å²) in [6, 6.07) is 4.27. The number of Topliss-reactive ketones (excluding diaryl/α,β-unsaturated/α-hetero) is 1. The van der Waals surface area contributed by atoms with Crippen LogP contribution in [0.15, 0.2) is 12.1 Å². The van der Waals surface area contributed by atoms with Crippen LogP contribution in [0.3, 0.4) is 0 Å². The number of carbonyl (C=O) groups excluding carboxylic acids is 2. The van der Waals surface area contributed by atoms with Crippen molar-refractivity contribution in [3.63, 3.8) is 0 Å². The van der Waals surface area contributed by atoms with Crippen molar-refractivity contribution in [1.29, 1.82) is 0 Å². The van der Waals surface area contributed by atoms with Crippen molar-refractivity contribution in [2.75, 3.05) is 6.61 Å². The Bertz CT molecular complexity index is 580. The lowest BCUT2D eigenvalue weighted by molar-refractivity contribution is -0.160. The number of esters is 1. The summed E-state index contributed by atoms with van der Waals surface area (Å²) in [4.78, 5) is 25.1. The summed E-state index contributed by atoms with van der Waals surface area (Å²) in [6.07, 6.45) is 2.34. The van der Waals surface area contributed by atoms with Gasteiger partial charge in [0, 0.05) is 5.92 Å². The number of ether oxygens (including phenoxy) is 1. The monoisotopic (exact) mass is 302 g/mol. The molecule has 1 aromatic carbocycles. The van der Waals surface area contributed by atoms with Gasteiger partial charge in [0.2, 0.25) is 0 Å². The lowest BCUT2D eigenvalue weighted by Crippen LogP contribution is -2.42. The normalized spacial score (nSPS) is 24.3. The number of ketones is 1. The van der Waals surface area contributed by atoms with Gasteiger partial charge in [0.25, 0.3) is 0 Å². The first-order chi connectivity index (χ1) is 10.3. The number of hydrogen-bond acceptors (Lipinski definition) is 3. The van der Waals surface area contributed by atoms with Gasteiger partial charge in [-0.1, -0.05) is 24.1 Å². The summed E-state index contributed by atoms with van der Waals surface area (Å²) < 4.78 is 5.29. The van der Waals surface area contributed by atoms with E-state index in [1.54, 1.807) is 6.92 Å². The molecular weight excluding hydrogens is 276 g/mol. The molecule has 0 radical (unpaired) electrons. The molecule has 2 unspecified atom stereocenters. The number of aryl methyl sites for hydroxylation is 3. The third-order valence-electron chi connectivity index (χ3n) is 5.01. The molecule has 2 atom stereocenters. The van der Waals surface area contributed by atoms with Crippen LogP contribution in [0.25, 0.3) is 0 Å². The molecule has 2 rings (SSSR count). The van der Waals surface area contributed by atoms with E-state index in [2.05, 4.69) is 32.9 Å². The number of hydrogen-bond donors (Lipinski definition) is 0. The molecule has 1 aliphatic carbocycles. The van der Waals surface area contributed by atoms with Crippen LogP contribution in [0.2, 0.25) is 0 Å². The first kappa shape index (κ1) is 16.7. The first-order valence-electron chi connectivity index (χ1n) is 8.10. The molecule has 120 valence electrons. The smallest absolute Gasteiger partial charge is 0.320 e. The largest absolute Gasteiger partial charge is 0.465 e. The van der Waals surface area contributed by atoms with E-state index in [-0.39, 0.29) is 17.7 Å². The molecule has 0 aromatic heterocycles. The third kappa shape index (κ3) is 2.57. The van der Waals surface area contributed by atoms with Gasteiger partial charge < -0.3 is 4.74 Å². The van der Waals surface area contributed by atoms with E-state index >= 15 is 0 Å². The van der Waals surface area contributed by atoms with Crippen LogP contribution in [0.1, 0.15) is 61.3 Å². The molecule has 0 amide bonds. The molecule has 0 heterocycles. The zero-order valence-electron chi connectivity index (χ0n) is 14.3. The van der Waals surface area contributed by atoms with E-state index in [1.807, 2.05) is 0 Å². The van der Waals surface area contributed by atoms with Crippen molar-refractivity contribution in [3.8, 4) is 0 Å². The average molecular weight is 302 g/mol. The zero-order chi connectivity index (χ0) is 16.5. The highest BCUT2D eigenvalue weighted by atomic mass is 16.5. The zero-order valence-corrected chi connectivity index (χ0v) is 14.3. The van der Waals surface area contributed by atoms with Gasteiger partial charge in [-0.15, -0.1) is 0 Å². The van der Waals surface area contributed by atoms with Crippen LogP contribution in [0.4, 0.5) is 0 Å². The summed E-state index contributed by atoms with van der Waals surface area (Å²) in [5.74, 6) is -0.471. The van der Waals surface area contributed by atoms with E-state index in [1.165, 1.54) is 23.6 Å². The van der Waals surface area contributed by atoms with Gasteiger partial charge in [-0.05, 0) is 64.2 Å². The van der Waals surface area contributed by atoms with Gasteiger partial charge in [-0.25, -0.2) is 0 Å². The van der Waals surface area contributed by atoms with Crippen LogP contribution < -0.4 is 0 Å². The molecule has 0 N–H and O–H groups in total. The summed E-state index contributed by atoms with van der Waals surface area (Å²) in [7, 11) is 0. The minimum atomic E-state index is -0.999. The maximum Gasteiger partial charge on any atom is 0.320 e. The molecule has 1 saturated carbocycles. The minimum absolute atomic E-state index is 0.0622. The summed E-state index contributed by atoms with van der Waals surface area (Å²) in [6.45, 7) is 9.86. The van der Waals surface area contributed by atoms with Crippen molar-refractivity contribution in [3.05, 3.63) is 34.4 Å². The van der Waals surface area contributed by atoms with Crippen LogP contribution in [-0.4, -0.2) is 18.4 Å². The molecule has 3 heteroatoms. The maximum atomic E-state index is 12.6. The van der Waals surface area contributed by atoms with E-state index in [0.29, 0.717) is 13.0 Å². The van der Waals surface area contributed by atoms with E-state index in [9.17, 15) is 9.59 Å². The number of benzene rings is 1. The first-order valence-corrected chi connectivity index (χ1v) is 8.10. The van der Waals surface area contributed by atoms with E-state index in [0.717, 1.165) is 18.4 Å². The fourth-order valence-electron chi connectivity index (χ4n) is 4.21. The molecule has 1 aromatic rings. The van der Waals surface area contributed by atoms with Crippen molar-refractivity contribution in [1.82, 2.24) is 0 Å². The molecule has 1 fully saturated rings. The number of carbonyl (C=O) groups is 2. The summed E-state index contributed by atoms with van der Waals surface area (Å²) in [5.41, 5.74) is 3.70. The molecule has 0 aliphatic heterocycles. The molecule has 22 heavy (non-hydrogen) atoms. The van der Waals surface area contributed by atoms with Gasteiger partial charge in [-0.2, -0.15) is 0 Å². The Morgan fingerprint density at radius 1 is 1.23 bits per heavy atom. The van der Waals surface area contributed by atoms with E-state index in [4.69, 9.17) is 4.74 Å². The van der Waals surface area contributed by atoms with Crippen molar-refractivity contribution >= 4 is 11.8 Å². The minimum Gasteiger partial charge on any atom is -0.465 e. The van der Waals surface area contributed by atoms with Gasteiger partial charge in [0.1, 0.15) is 11.2 Å². The molecular formula is C19H26O3. The van der Waals surface area contributed by atoms with Crippen LogP contribution in [0.5, 0.6) is 0 Å². The Labute approximate surface area is 133 Å². The van der Waals surface area contributed by atoms with Crippen molar-refractivity contribution < 1.29 is 14.3 Å². The lowest BCUT2D eigenvalue weighted by Gasteiger charge is -2.33. The van der Waals surface area contributed by atoms with Crippen molar-refractivity contribution in [2.24, 2.45) is 5.41 Å². The topological polar surface area (TPSA) is 43.4 Å². The number of rotatable bonds is 4. The Morgan fingerprint density at radius 3 is 2.32 bits per heavy atom. The highest BCUT2D eigenvalue weighted by Gasteiger charge is 2.55. The van der Waals surface area contributed by atoms with Gasteiger partial charge in [0.05, 0.1) is 6.61 Å². The van der Waals surface area contributed by atoms with Crippen LogP contribution in [0, 0.1) is 26.2 Å². The molecule has 0 bridgehead atoms. The van der Waals surface area contributed by atoms with Gasteiger partial charge >= 0.3 is 5.97 Å². The molecule has 1 aliphatic rings. The molecule has 0 saturated heterocycles. The van der Waals surface area contributed by atoms with Crippen LogP contribution in [-0.2, 0) is 14.3 Å². The maximum absolute atomic E-state index is 12.6. The molecule has 3 nitrogen and oxygen atoms in total. The van der Waals surface area contributed by atoms with E-state index < -0.39 is 5.41 Å². The summed E-state index contributed by atoms with van der Waals surface area (Å²) >= 11 is 0. The van der Waals surface area contributed by atoms with Crippen LogP contribution >= 0.6 is 0 Å². The second-order valence-electron chi connectivity index (χ2n) is 6.51. The SMILES string of the molecule is CCOC(=O)C1(C(C)=O)CCCC1c1c(C)cc(C)cc1C. The highest BCUT2D eigenvalue weighted by molar-refractivity contribution is 6.04. The lowest BCUT2D eigenvalue weighted by atomic mass is 9.69. The third-order valence-corrected chi connectivity index (χ3v) is 5.01. The second-order valence-corrected chi connectivity index (χ2v) is 6.51. The Balaban J connectivity index is 2.58. The van der Waals surface area contributed by atoms with Gasteiger partial charge in [0.15, 0.2) is 0 Å². The summed E-state index contributed by atoms with van der Waals surface area (Å²) in [5, 5.41) is 0. The van der Waals surface area contributed by atoms with Gasteiger partial charge in [-0.3, -0.25) is 9.59 Å². The van der Waals surface area contributed by atoms with Crippen molar-refractivity contribution in [2.45, 2.75) is 59.8 Å². The predicted octanol–water partition coefficient (Wildman–Crippen LogP) is 4.02. The fourth-order valence-corrected chi connectivity index (χ4v) is 4.21. The standard InChI is InChI=1S/C19H26O3/c1-6-22-18(21)19(15(5)20)9-7-8-16(19)17-13(3)10-12(2)11-14(17)4/h10-11,16H,6-9H2,1-5H3.